The Labute approximate surface area is 170 Å². The van der Waals surface area contributed by atoms with E-state index in [4.69, 9.17) is 0 Å². The van der Waals surface area contributed by atoms with Gasteiger partial charge >= 0.3 is 12.2 Å². The standard InChI is InChI=1S/C20H19F3N6O/c1-12-10-14-16(5-2-6-17(14)28-27-12)26-19(30)25-13-7-9-29(11-13)18-15(20(21,22)23)4-3-8-24-18/h2-6,8,10,13H,7,9,11H2,1H3,(H2,25,26,30)/t13-/m1/s1. The zero-order valence-electron chi connectivity index (χ0n) is 16.1. The lowest BCUT2D eigenvalue weighted by Crippen LogP contribution is -2.40. The van der Waals surface area contributed by atoms with Crippen LogP contribution in [0, 0.1) is 6.92 Å². The lowest BCUT2D eigenvalue weighted by molar-refractivity contribution is -0.137. The largest absolute Gasteiger partial charge is 0.419 e. The molecule has 7 nitrogen and oxygen atoms in total. The Bertz CT molecular complexity index is 1090. The van der Waals surface area contributed by atoms with Gasteiger partial charge in [-0.25, -0.2) is 9.78 Å². The van der Waals surface area contributed by atoms with E-state index in [9.17, 15) is 18.0 Å². The van der Waals surface area contributed by atoms with Gasteiger partial charge in [0.2, 0.25) is 0 Å². The van der Waals surface area contributed by atoms with Crippen molar-refractivity contribution in [3.63, 3.8) is 0 Å². The summed E-state index contributed by atoms with van der Waals surface area (Å²) in [5.41, 5.74) is 1.18. The molecule has 1 aliphatic heterocycles. The monoisotopic (exact) mass is 416 g/mol. The first-order valence-corrected chi connectivity index (χ1v) is 9.39. The summed E-state index contributed by atoms with van der Waals surface area (Å²) in [5.74, 6) is -0.113. The first-order valence-electron chi connectivity index (χ1n) is 9.39. The van der Waals surface area contributed by atoms with Crippen LogP contribution in [0.2, 0.25) is 0 Å². The number of rotatable bonds is 3. The molecule has 2 amide bonds. The second-order valence-corrected chi connectivity index (χ2v) is 7.13. The van der Waals surface area contributed by atoms with Crippen LogP contribution < -0.4 is 15.5 Å². The fourth-order valence-corrected chi connectivity index (χ4v) is 3.56. The number of pyridine rings is 1. The predicted molar refractivity (Wildman–Crippen MR) is 106 cm³/mol. The summed E-state index contributed by atoms with van der Waals surface area (Å²) >= 11 is 0. The average molecular weight is 416 g/mol. The van der Waals surface area contributed by atoms with Crippen molar-refractivity contribution < 1.29 is 18.0 Å². The number of urea groups is 1. The molecule has 1 aromatic carbocycles. The van der Waals surface area contributed by atoms with Crippen molar-refractivity contribution in [1.29, 1.82) is 0 Å². The fraction of sp³-hybridized carbons (Fsp3) is 0.300. The highest BCUT2D eigenvalue weighted by atomic mass is 19.4. The molecule has 2 N–H and O–H groups in total. The summed E-state index contributed by atoms with van der Waals surface area (Å²) < 4.78 is 39.8. The number of fused-ring (bicyclic) bond motifs is 1. The Morgan fingerprint density at radius 1 is 1.20 bits per heavy atom. The van der Waals surface area contributed by atoms with Crippen LogP contribution in [0.4, 0.5) is 29.5 Å². The van der Waals surface area contributed by atoms with Crippen molar-refractivity contribution in [3.05, 3.63) is 53.9 Å². The van der Waals surface area contributed by atoms with E-state index in [-0.39, 0.29) is 18.4 Å². The quantitative estimate of drug-likeness (QED) is 0.680. The summed E-state index contributed by atoms with van der Waals surface area (Å²) in [7, 11) is 0. The molecular formula is C20H19F3N6O. The summed E-state index contributed by atoms with van der Waals surface area (Å²) in [6.07, 6.45) is -2.63. The third-order valence-electron chi connectivity index (χ3n) is 4.92. The number of carbonyl (C=O) groups excluding carboxylic acids is 1. The maximum Gasteiger partial charge on any atom is 0.419 e. The number of alkyl halides is 3. The fourth-order valence-electron chi connectivity index (χ4n) is 3.56. The Hall–Kier alpha value is -3.43. The highest BCUT2D eigenvalue weighted by molar-refractivity contribution is 6.00. The molecule has 1 atom stereocenters. The Morgan fingerprint density at radius 3 is 2.83 bits per heavy atom. The summed E-state index contributed by atoms with van der Waals surface area (Å²) in [6, 6.07) is 8.69. The number of aryl methyl sites for hydroxylation is 1. The van der Waals surface area contributed by atoms with E-state index < -0.39 is 17.8 Å². The normalized spacial score (nSPS) is 16.7. The molecule has 0 spiro atoms. The third-order valence-corrected chi connectivity index (χ3v) is 4.92. The van der Waals surface area contributed by atoms with Crippen LogP contribution >= 0.6 is 0 Å². The zero-order chi connectivity index (χ0) is 21.3. The van der Waals surface area contributed by atoms with Crippen LogP contribution in [0.3, 0.4) is 0 Å². The van der Waals surface area contributed by atoms with Crippen LogP contribution in [0.15, 0.2) is 42.6 Å². The molecule has 0 aliphatic carbocycles. The number of nitrogens with one attached hydrogen (secondary N) is 2. The molecule has 0 unspecified atom stereocenters. The van der Waals surface area contributed by atoms with E-state index in [0.29, 0.717) is 24.2 Å². The summed E-state index contributed by atoms with van der Waals surface area (Å²) in [5, 5.41) is 14.5. The highest BCUT2D eigenvalue weighted by Crippen LogP contribution is 2.36. The molecule has 10 heteroatoms. The van der Waals surface area contributed by atoms with E-state index in [1.54, 1.807) is 23.1 Å². The van der Waals surface area contributed by atoms with E-state index in [0.717, 1.165) is 17.1 Å². The number of hydrogen-bond donors (Lipinski definition) is 2. The average Bonchev–Trinajstić information content (AvgIpc) is 3.16. The summed E-state index contributed by atoms with van der Waals surface area (Å²) in [6.45, 7) is 2.42. The third kappa shape index (κ3) is 4.12. The summed E-state index contributed by atoms with van der Waals surface area (Å²) in [4.78, 5) is 18.0. The minimum atomic E-state index is -4.48. The minimum Gasteiger partial charge on any atom is -0.354 e. The number of aromatic nitrogens is 3. The van der Waals surface area contributed by atoms with Crippen molar-refractivity contribution in [1.82, 2.24) is 20.5 Å². The number of nitrogens with zero attached hydrogens (tertiary/aromatic N) is 4. The molecule has 3 heterocycles. The van der Waals surface area contributed by atoms with Crippen molar-refractivity contribution in [3.8, 4) is 0 Å². The minimum absolute atomic E-state index is 0.113. The number of anilines is 2. The van der Waals surface area contributed by atoms with Crippen molar-refractivity contribution in [2.75, 3.05) is 23.3 Å². The molecular weight excluding hydrogens is 397 g/mol. The molecule has 3 aromatic rings. The van der Waals surface area contributed by atoms with Gasteiger partial charge in [0.25, 0.3) is 0 Å². The van der Waals surface area contributed by atoms with Crippen molar-refractivity contribution in [2.24, 2.45) is 0 Å². The Morgan fingerprint density at radius 2 is 2.03 bits per heavy atom. The van der Waals surface area contributed by atoms with Crippen molar-refractivity contribution >= 4 is 28.4 Å². The van der Waals surface area contributed by atoms with Gasteiger partial charge in [-0.2, -0.15) is 23.4 Å². The molecule has 1 aliphatic rings. The number of benzene rings is 1. The molecule has 0 radical (unpaired) electrons. The molecule has 2 aromatic heterocycles. The van der Waals surface area contributed by atoms with Gasteiger partial charge < -0.3 is 15.5 Å². The molecule has 1 fully saturated rings. The zero-order valence-corrected chi connectivity index (χ0v) is 16.1. The molecule has 1 saturated heterocycles. The Balaban J connectivity index is 1.44. The number of amides is 2. The van der Waals surface area contributed by atoms with Crippen molar-refractivity contribution in [2.45, 2.75) is 25.6 Å². The molecule has 0 saturated carbocycles. The topological polar surface area (TPSA) is 83.0 Å². The van der Waals surface area contributed by atoms with Crippen LogP contribution in [-0.2, 0) is 6.18 Å². The van der Waals surface area contributed by atoms with Gasteiger partial charge in [-0.1, -0.05) is 6.07 Å². The molecule has 4 rings (SSSR count). The van der Waals surface area contributed by atoms with Gasteiger partial charge in [0.05, 0.1) is 22.5 Å². The first kappa shape index (κ1) is 19.9. The Kier molecular flexibility index (Phi) is 5.15. The second-order valence-electron chi connectivity index (χ2n) is 7.13. The maximum absolute atomic E-state index is 13.3. The van der Waals surface area contributed by atoms with Gasteiger partial charge in [-0.05, 0) is 43.7 Å². The van der Waals surface area contributed by atoms with Gasteiger partial charge in [0.15, 0.2) is 0 Å². The number of hydrogen-bond acceptors (Lipinski definition) is 5. The molecule has 30 heavy (non-hydrogen) atoms. The molecule has 0 bridgehead atoms. The number of halogens is 3. The van der Waals surface area contributed by atoms with Crippen LogP contribution in [-0.4, -0.2) is 40.3 Å². The van der Waals surface area contributed by atoms with E-state index in [1.165, 1.54) is 12.3 Å². The predicted octanol–water partition coefficient (Wildman–Crippen LogP) is 3.75. The number of carbonyl (C=O) groups is 1. The van der Waals surface area contributed by atoms with E-state index in [1.807, 2.05) is 13.0 Å². The highest BCUT2D eigenvalue weighted by Gasteiger charge is 2.37. The lowest BCUT2D eigenvalue weighted by Gasteiger charge is -2.22. The lowest BCUT2D eigenvalue weighted by atomic mass is 10.2. The van der Waals surface area contributed by atoms with Gasteiger partial charge in [-0.3, -0.25) is 0 Å². The second kappa shape index (κ2) is 7.77. The van der Waals surface area contributed by atoms with Gasteiger partial charge in [0, 0.05) is 30.7 Å². The first-order chi connectivity index (χ1) is 14.3. The van der Waals surface area contributed by atoms with Crippen LogP contribution in [0.5, 0.6) is 0 Å². The molecule has 156 valence electrons. The van der Waals surface area contributed by atoms with Crippen LogP contribution in [0.1, 0.15) is 17.7 Å². The van der Waals surface area contributed by atoms with Gasteiger partial charge in [-0.15, -0.1) is 0 Å². The maximum atomic E-state index is 13.3. The van der Waals surface area contributed by atoms with E-state index in [2.05, 4.69) is 25.8 Å². The SMILES string of the molecule is Cc1cc2c(NC(=O)N[C@@H]3CCN(c4ncccc4C(F)(F)F)C3)cccc2nn1. The van der Waals surface area contributed by atoms with E-state index >= 15 is 0 Å². The van der Waals surface area contributed by atoms with Gasteiger partial charge in [0.1, 0.15) is 5.82 Å². The smallest absolute Gasteiger partial charge is 0.354 e. The van der Waals surface area contributed by atoms with Crippen LogP contribution in [0.25, 0.3) is 10.9 Å².